The van der Waals surface area contributed by atoms with Crippen LogP contribution in [0.25, 0.3) is 11.3 Å². The lowest BCUT2D eigenvalue weighted by Gasteiger charge is -2.09. The summed E-state index contributed by atoms with van der Waals surface area (Å²) in [6.07, 6.45) is 5.36. The SMILES string of the molecule is Clc1cnc(NCc2nnc3ccccn23)nc1NCc1nnc2ccccn12. The number of fused-ring (bicyclic) bond motifs is 2. The predicted molar refractivity (Wildman–Crippen MR) is 108 cm³/mol. The number of halogens is 1. The van der Waals surface area contributed by atoms with E-state index in [4.69, 9.17) is 11.6 Å². The molecule has 5 heterocycles. The summed E-state index contributed by atoms with van der Waals surface area (Å²) < 4.78 is 3.80. The van der Waals surface area contributed by atoms with Crippen LogP contribution >= 0.6 is 11.6 Å². The molecule has 0 bridgehead atoms. The van der Waals surface area contributed by atoms with Crippen LogP contribution < -0.4 is 10.6 Å². The molecule has 0 atom stereocenters. The Bertz CT molecular complexity index is 1290. The van der Waals surface area contributed by atoms with Gasteiger partial charge in [-0.1, -0.05) is 23.7 Å². The molecule has 0 aromatic carbocycles. The van der Waals surface area contributed by atoms with E-state index in [1.54, 1.807) is 6.20 Å². The molecule has 0 amide bonds. The van der Waals surface area contributed by atoms with Crippen LogP contribution in [-0.2, 0) is 13.1 Å². The average Bonchev–Trinajstić information content (AvgIpc) is 3.36. The molecule has 29 heavy (non-hydrogen) atoms. The highest BCUT2D eigenvalue weighted by atomic mass is 35.5. The van der Waals surface area contributed by atoms with Gasteiger partial charge in [-0.2, -0.15) is 4.98 Å². The van der Waals surface area contributed by atoms with E-state index < -0.39 is 0 Å². The van der Waals surface area contributed by atoms with Crippen LogP contribution in [0.2, 0.25) is 5.02 Å². The van der Waals surface area contributed by atoms with E-state index in [1.807, 2.05) is 57.6 Å². The van der Waals surface area contributed by atoms with Gasteiger partial charge in [0.2, 0.25) is 5.95 Å². The Hall–Kier alpha value is -3.79. The van der Waals surface area contributed by atoms with Gasteiger partial charge in [0.25, 0.3) is 0 Å². The summed E-state index contributed by atoms with van der Waals surface area (Å²) in [7, 11) is 0. The van der Waals surface area contributed by atoms with Crippen LogP contribution in [0.15, 0.2) is 55.0 Å². The third kappa shape index (κ3) is 3.41. The summed E-state index contributed by atoms with van der Waals surface area (Å²) in [6.45, 7) is 0.831. The molecule has 144 valence electrons. The molecule has 0 aliphatic carbocycles. The maximum Gasteiger partial charge on any atom is 0.225 e. The maximum absolute atomic E-state index is 6.25. The minimum Gasteiger partial charge on any atom is -0.361 e. The van der Waals surface area contributed by atoms with Crippen molar-refractivity contribution in [2.75, 3.05) is 10.6 Å². The molecule has 0 radical (unpaired) electrons. The van der Waals surface area contributed by atoms with Crippen molar-refractivity contribution >= 4 is 34.7 Å². The van der Waals surface area contributed by atoms with Gasteiger partial charge in [0, 0.05) is 12.4 Å². The molecule has 0 fully saturated rings. The fraction of sp³-hybridized carbons (Fsp3) is 0.111. The monoisotopic (exact) mass is 406 g/mol. The molecule has 0 saturated heterocycles. The second-order valence-electron chi connectivity index (χ2n) is 6.19. The third-order valence-electron chi connectivity index (χ3n) is 4.33. The van der Waals surface area contributed by atoms with Crippen molar-refractivity contribution in [3.8, 4) is 0 Å². The molecule has 2 N–H and O–H groups in total. The maximum atomic E-state index is 6.25. The highest BCUT2D eigenvalue weighted by Crippen LogP contribution is 2.20. The van der Waals surface area contributed by atoms with Gasteiger partial charge in [-0.25, -0.2) is 4.98 Å². The minimum absolute atomic E-state index is 0.413. The van der Waals surface area contributed by atoms with Crippen molar-refractivity contribution in [1.82, 2.24) is 39.2 Å². The van der Waals surface area contributed by atoms with E-state index in [2.05, 4.69) is 41.0 Å². The summed E-state index contributed by atoms with van der Waals surface area (Å²) >= 11 is 6.25. The highest BCUT2D eigenvalue weighted by Gasteiger charge is 2.10. The Morgan fingerprint density at radius 1 is 0.793 bits per heavy atom. The van der Waals surface area contributed by atoms with Crippen molar-refractivity contribution in [2.24, 2.45) is 0 Å². The largest absolute Gasteiger partial charge is 0.361 e. The van der Waals surface area contributed by atoms with Gasteiger partial charge >= 0.3 is 0 Å². The second-order valence-corrected chi connectivity index (χ2v) is 6.59. The molecule has 5 aromatic heterocycles. The van der Waals surface area contributed by atoms with Crippen LogP contribution in [0, 0.1) is 0 Å². The fourth-order valence-corrected chi connectivity index (χ4v) is 3.08. The quantitative estimate of drug-likeness (QED) is 0.442. The molecular formula is C18H15ClN10. The van der Waals surface area contributed by atoms with Crippen molar-refractivity contribution < 1.29 is 0 Å². The summed E-state index contributed by atoms with van der Waals surface area (Å²) in [5.74, 6) is 2.43. The topological polar surface area (TPSA) is 110 Å². The smallest absolute Gasteiger partial charge is 0.225 e. The molecule has 0 saturated carbocycles. The van der Waals surface area contributed by atoms with E-state index >= 15 is 0 Å². The van der Waals surface area contributed by atoms with Gasteiger partial charge in [-0.05, 0) is 24.3 Å². The fourth-order valence-electron chi connectivity index (χ4n) is 2.92. The van der Waals surface area contributed by atoms with Crippen molar-refractivity contribution in [3.05, 3.63) is 71.7 Å². The molecular weight excluding hydrogens is 392 g/mol. The average molecular weight is 407 g/mol. The van der Waals surface area contributed by atoms with Crippen LogP contribution in [0.5, 0.6) is 0 Å². The highest BCUT2D eigenvalue weighted by molar-refractivity contribution is 6.32. The van der Waals surface area contributed by atoms with Gasteiger partial charge < -0.3 is 10.6 Å². The number of anilines is 2. The minimum atomic E-state index is 0.413. The molecule has 10 nitrogen and oxygen atoms in total. The molecule has 5 rings (SSSR count). The Morgan fingerprint density at radius 3 is 2.07 bits per heavy atom. The zero-order chi connectivity index (χ0) is 19.6. The van der Waals surface area contributed by atoms with Crippen molar-refractivity contribution in [2.45, 2.75) is 13.1 Å². The lowest BCUT2D eigenvalue weighted by molar-refractivity contribution is 0.895. The first-order valence-corrected chi connectivity index (χ1v) is 9.23. The lowest BCUT2D eigenvalue weighted by Crippen LogP contribution is -2.10. The Kier molecular flexibility index (Phi) is 4.37. The first-order valence-electron chi connectivity index (χ1n) is 8.85. The Labute approximate surface area is 169 Å². The second kappa shape index (κ2) is 7.32. The molecule has 11 heteroatoms. The van der Waals surface area contributed by atoms with E-state index in [0.29, 0.717) is 29.9 Å². The molecule has 0 spiro atoms. The Balaban J connectivity index is 1.31. The summed E-state index contributed by atoms with van der Waals surface area (Å²) in [5, 5.41) is 23.4. The zero-order valence-corrected chi connectivity index (χ0v) is 15.8. The van der Waals surface area contributed by atoms with Gasteiger partial charge in [0.1, 0.15) is 5.02 Å². The van der Waals surface area contributed by atoms with Crippen LogP contribution in [0.1, 0.15) is 11.6 Å². The van der Waals surface area contributed by atoms with E-state index in [9.17, 15) is 0 Å². The lowest BCUT2D eigenvalue weighted by atomic mass is 10.4. The van der Waals surface area contributed by atoms with Crippen molar-refractivity contribution in [3.63, 3.8) is 0 Å². The molecule has 0 aliphatic rings. The number of nitrogens with one attached hydrogen (secondary N) is 2. The standard InChI is InChI=1S/C18H15ClN10/c19-12-9-21-18(22-11-16-27-25-14-6-2-4-8-29(14)16)23-17(12)20-10-15-26-24-13-5-1-3-7-28(13)15/h1-9H,10-11H2,(H2,20,21,22,23). The van der Waals surface area contributed by atoms with Gasteiger partial charge in [-0.15, -0.1) is 20.4 Å². The first-order chi connectivity index (χ1) is 14.3. The van der Waals surface area contributed by atoms with Crippen molar-refractivity contribution in [1.29, 1.82) is 0 Å². The summed E-state index contributed by atoms with van der Waals surface area (Å²) in [4.78, 5) is 8.68. The van der Waals surface area contributed by atoms with Crippen LogP contribution in [0.4, 0.5) is 11.8 Å². The number of aromatic nitrogens is 8. The van der Waals surface area contributed by atoms with E-state index in [1.165, 1.54) is 0 Å². The summed E-state index contributed by atoms with van der Waals surface area (Å²) in [6, 6.07) is 11.5. The first kappa shape index (κ1) is 17.3. The van der Waals surface area contributed by atoms with Gasteiger partial charge in [-0.3, -0.25) is 8.80 Å². The van der Waals surface area contributed by atoms with Crippen LogP contribution in [-0.4, -0.2) is 39.2 Å². The number of hydrogen-bond acceptors (Lipinski definition) is 8. The number of pyridine rings is 2. The predicted octanol–water partition coefficient (Wildman–Crippen LogP) is 2.44. The van der Waals surface area contributed by atoms with E-state index in [0.717, 1.165) is 22.9 Å². The number of hydrogen-bond donors (Lipinski definition) is 2. The third-order valence-corrected chi connectivity index (χ3v) is 4.61. The van der Waals surface area contributed by atoms with Crippen LogP contribution in [0.3, 0.4) is 0 Å². The van der Waals surface area contributed by atoms with E-state index in [-0.39, 0.29) is 0 Å². The zero-order valence-electron chi connectivity index (χ0n) is 15.1. The Morgan fingerprint density at radius 2 is 1.41 bits per heavy atom. The molecule has 0 aliphatic heterocycles. The number of rotatable bonds is 6. The molecule has 5 aromatic rings. The molecule has 0 unspecified atom stereocenters. The van der Waals surface area contributed by atoms with Gasteiger partial charge in [0.05, 0.1) is 19.3 Å². The van der Waals surface area contributed by atoms with Gasteiger partial charge in [0.15, 0.2) is 28.8 Å². The normalized spacial score (nSPS) is 11.2. The summed E-state index contributed by atoms with van der Waals surface area (Å²) in [5.41, 5.74) is 1.56. The number of nitrogens with zero attached hydrogens (tertiary/aromatic N) is 8.